The quantitative estimate of drug-likeness (QED) is 0.620. The van der Waals surface area contributed by atoms with Crippen LogP contribution in [0.1, 0.15) is 0 Å². The molecule has 3 nitrogen and oxygen atoms in total. The Balaban J connectivity index is 3.07. The van der Waals surface area contributed by atoms with Gasteiger partial charge in [-0.15, -0.1) is 0 Å². The Morgan fingerprint density at radius 2 is 1.78 bits per heavy atom. The summed E-state index contributed by atoms with van der Waals surface area (Å²) in [5, 5.41) is 17.8. The van der Waals surface area contributed by atoms with Crippen molar-refractivity contribution in [2.45, 2.75) is 0 Å². The van der Waals surface area contributed by atoms with Gasteiger partial charge in [-0.25, -0.2) is 3.97 Å². The van der Waals surface area contributed by atoms with Gasteiger partial charge in [-0.1, -0.05) is 0 Å². The van der Waals surface area contributed by atoms with E-state index in [1.807, 2.05) is 0 Å². The number of nitrogens with zero attached hydrogens (tertiary/aromatic N) is 1. The molecule has 2 N–H and O–H groups in total. The van der Waals surface area contributed by atoms with Crippen molar-refractivity contribution in [1.82, 2.24) is 3.97 Å². The smallest absolute Gasteiger partial charge is 0.204 e. The first kappa shape index (κ1) is 6.35. The minimum atomic E-state index is 0.0694. The largest absolute Gasteiger partial charge is 0.494 e. The zero-order valence-electron chi connectivity index (χ0n) is 4.90. The molecule has 50 valence electrons. The normalized spacial score (nSPS) is 9.89. The van der Waals surface area contributed by atoms with E-state index in [0.29, 0.717) is 0 Å². The zero-order valence-corrected chi connectivity index (χ0v) is 5.72. The van der Waals surface area contributed by atoms with E-state index in [9.17, 15) is 0 Å². The lowest BCUT2D eigenvalue weighted by molar-refractivity contribution is 0.416. The minimum absolute atomic E-state index is 0.0694. The van der Waals surface area contributed by atoms with Gasteiger partial charge in [-0.05, 0) is 11.9 Å². The van der Waals surface area contributed by atoms with Gasteiger partial charge in [0.1, 0.15) is 0 Å². The standard InChI is InChI=1S/C5H7NO2S/c1-9-6-4(7)2-3-5(6)8/h2-3,7-8H,1H3. The molecule has 0 aliphatic heterocycles. The Labute approximate surface area is 57.1 Å². The summed E-state index contributed by atoms with van der Waals surface area (Å²) >= 11 is 1.25. The van der Waals surface area contributed by atoms with Crippen LogP contribution in [0.25, 0.3) is 0 Å². The Morgan fingerprint density at radius 1 is 1.33 bits per heavy atom. The Kier molecular flexibility index (Phi) is 1.57. The highest BCUT2D eigenvalue weighted by atomic mass is 32.2. The van der Waals surface area contributed by atoms with Crippen LogP contribution in [-0.2, 0) is 0 Å². The van der Waals surface area contributed by atoms with Crippen molar-refractivity contribution in [3.8, 4) is 11.8 Å². The SMILES string of the molecule is CSn1c(O)ccc1O. The number of aromatic nitrogens is 1. The van der Waals surface area contributed by atoms with E-state index in [-0.39, 0.29) is 11.8 Å². The number of hydrogen-bond acceptors (Lipinski definition) is 3. The lowest BCUT2D eigenvalue weighted by Gasteiger charge is -1.98. The summed E-state index contributed by atoms with van der Waals surface area (Å²) in [5.41, 5.74) is 0. The summed E-state index contributed by atoms with van der Waals surface area (Å²) in [7, 11) is 0. The summed E-state index contributed by atoms with van der Waals surface area (Å²) in [6.07, 6.45) is 1.76. The van der Waals surface area contributed by atoms with E-state index in [2.05, 4.69) is 0 Å². The maximum atomic E-state index is 8.91. The molecule has 0 aliphatic rings. The first-order valence-corrected chi connectivity index (χ1v) is 3.58. The highest BCUT2D eigenvalue weighted by Crippen LogP contribution is 2.25. The molecule has 0 amide bonds. The molecule has 0 radical (unpaired) electrons. The van der Waals surface area contributed by atoms with E-state index in [4.69, 9.17) is 10.2 Å². The van der Waals surface area contributed by atoms with Gasteiger partial charge >= 0.3 is 0 Å². The Bertz CT molecular complexity index is 189. The molecule has 1 heterocycles. The molecule has 0 atom stereocenters. The molecule has 0 bridgehead atoms. The third kappa shape index (κ3) is 0.977. The van der Waals surface area contributed by atoms with Gasteiger partial charge in [0.05, 0.1) is 0 Å². The predicted molar refractivity (Wildman–Crippen MR) is 36.7 cm³/mol. The van der Waals surface area contributed by atoms with Crippen molar-refractivity contribution >= 4 is 11.9 Å². The van der Waals surface area contributed by atoms with Crippen molar-refractivity contribution in [2.24, 2.45) is 0 Å². The summed E-state index contributed by atoms with van der Waals surface area (Å²) in [4.78, 5) is 0. The van der Waals surface area contributed by atoms with Crippen molar-refractivity contribution in [2.75, 3.05) is 6.26 Å². The predicted octanol–water partition coefficient (Wildman–Crippen LogP) is 1.03. The lowest BCUT2D eigenvalue weighted by Crippen LogP contribution is -1.80. The van der Waals surface area contributed by atoms with Gasteiger partial charge < -0.3 is 10.2 Å². The van der Waals surface area contributed by atoms with E-state index in [1.54, 1.807) is 6.26 Å². The van der Waals surface area contributed by atoms with Crippen molar-refractivity contribution in [3.05, 3.63) is 12.1 Å². The molecule has 0 saturated heterocycles. The number of rotatable bonds is 1. The van der Waals surface area contributed by atoms with Crippen LogP contribution in [0.15, 0.2) is 12.1 Å². The maximum absolute atomic E-state index is 8.91. The molecule has 1 rings (SSSR count). The molecule has 0 fully saturated rings. The fourth-order valence-electron chi connectivity index (χ4n) is 0.589. The van der Waals surface area contributed by atoms with Gasteiger partial charge in [0.15, 0.2) is 0 Å². The molecule has 0 unspecified atom stereocenters. The third-order valence-electron chi connectivity index (χ3n) is 0.980. The first-order valence-electron chi connectivity index (χ1n) is 2.40. The van der Waals surface area contributed by atoms with E-state index >= 15 is 0 Å². The molecule has 1 aromatic heterocycles. The van der Waals surface area contributed by atoms with Crippen LogP contribution in [0.5, 0.6) is 11.8 Å². The zero-order chi connectivity index (χ0) is 6.85. The van der Waals surface area contributed by atoms with E-state index in [0.717, 1.165) is 0 Å². The molecule has 0 aromatic carbocycles. The van der Waals surface area contributed by atoms with Crippen molar-refractivity contribution < 1.29 is 10.2 Å². The average molecular weight is 145 g/mol. The monoisotopic (exact) mass is 145 g/mol. The lowest BCUT2D eigenvalue weighted by atomic mass is 10.6. The third-order valence-corrected chi connectivity index (χ3v) is 1.72. The van der Waals surface area contributed by atoms with Gasteiger partial charge in [0.25, 0.3) is 0 Å². The second-order valence-electron chi connectivity index (χ2n) is 1.53. The second-order valence-corrected chi connectivity index (χ2v) is 2.26. The maximum Gasteiger partial charge on any atom is 0.204 e. The number of aromatic hydroxyl groups is 2. The molecule has 4 heteroatoms. The Morgan fingerprint density at radius 3 is 2.00 bits per heavy atom. The van der Waals surface area contributed by atoms with E-state index < -0.39 is 0 Å². The molecular formula is C5H7NO2S. The molecule has 9 heavy (non-hydrogen) atoms. The Hall–Kier alpha value is -0.770. The van der Waals surface area contributed by atoms with Gasteiger partial charge in [-0.2, -0.15) is 0 Å². The second kappa shape index (κ2) is 2.23. The molecule has 0 aliphatic carbocycles. The molecular weight excluding hydrogens is 138 g/mol. The van der Waals surface area contributed by atoms with Crippen LogP contribution >= 0.6 is 11.9 Å². The molecule has 1 aromatic rings. The summed E-state index contributed by atoms with van der Waals surface area (Å²) in [6, 6.07) is 2.87. The van der Waals surface area contributed by atoms with Crippen LogP contribution in [0.2, 0.25) is 0 Å². The summed E-state index contributed by atoms with van der Waals surface area (Å²) < 4.78 is 1.32. The molecule has 0 saturated carbocycles. The topological polar surface area (TPSA) is 45.4 Å². The fraction of sp³-hybridized carbons (Fsp3) is 0.200. The highest BCUT2D eigenvalue weighted by molar-refractivity contribution is 7.97. The first-order chi connectivity index (χ1) is 4.25. The van der Waals surface area contributed by atoms with Gasteiger partial charge in [-0.3, -0.25) is 0 Å². The summed E-state index contributed by atoms with van der Waals surface area (Å²) in [6.45, 7) is 0. The van der Waals surface area contributed by atoms with Crippen LogP contribution in [-0.4, -0.2) is 20.4 Å². The van der Waals surface area contributed by atoms with Gasteiger partial charge in [0, 0.05) is 18.4 Å². The van der Waals surface area contributed by atoms with Gasteiger partial charge in [0.2, 0.25) is 11.8 Å². The molecule has 0 spiro atoms. The van der Waals surface area contributed by atoms with Crippen LogP contribution in [0, 0.1) is 0 Å². The number of hydrogen-bond donors (Lipinski definition) is 2. The minimum Gasteiger partial charge on any atom is -0.494 e. The van der Waals surface area contributed by atoms with E-state index in [1.165, 1.54) is 28.1 Å². The van der Waals surface area contributed by atoms with Crippen molar-refractivity contribution in [3.63, 3.8) is 0 Å². The van der Waals surface area contributed by atoms with Crippen LogP contribution in [0.3, 0.4) is 0 Å². The van der Waals surface area contributed by atoms with Crippen LogP contribution < -0.4 is 0 Å². The summed E-state index contributed by atoms with van der Waals surface area (Å²) in [5.74, 6) is 0.139. The van der Waals surface area contributed by atoms with Crippen molar-refractivity contribution in [1.29, 1.82) is 0 Å². The highest BCUT2D eigenvalue weighted by Gasteiger charge is 2.01. The fourth-order valence-corrected chi connectivity index (χ4v) is 1.08. The average Bonchev–Trinajstić information content (AvgIpc) is 2.12. The van der Waals surface area contributed by atoms with Crippen LogP contribution in [0.4, 0.5) is 0 Å².